The summed E-state index contributed by atoms with van der Waals surface area (Å²) in [5.74, 6) is -0.741. The van der Waals surface area contributed by atoms with Crippen LogP contribution in [0.25, 0.3) is 0 Å². The summed E-state index contributed by atoms with van der Waals surface area (Å²) in [6.45, 7) is 5.09. The fraction of sp³-hybridized carbons (Fsp3) is 0.917. The van der Waals surface area contributed by atoms with E-state index < -0.39 is 21.2 Å². The molecule has 0 spiro atoms. The minimum Gasteiger partial charge on any atom is -0.481 e. The summed E-state index contributed by atoms with van der Waals surface area (Å²) in [5.41, 5.74) is -1.13. The molecular formula is C12H22O5S. The van der Waals surface area contributed by atoms with Crippen molar-refractivity contribution in [2.75, 3.05) is 24.7 Å². The summed E-state index contributed by atoms with van der Waals surface area (Å²) in [5, 5.41) is 9.22. The van der Waals surface area contributed by atoms with E-state index in [0.29, 0.717) is 19.1 Å². The van der Waals surface area contributed by atoms with Gasteiger partial charge in [-0.15, -0.1) is 0 Å². The van der Waals surface area contributed by atoms with Gasteiger partial charge >= 0.3 is 5.97 Å². The molecule has 18 heavy (non-hydrogen) atoms. The number of hydrogen-bond donors (Lipinski definition) is 1. The zero-order valence-electron chi connectivity index (χ0n) is 11.0. The lowest BCUT2D eigenvalue weighted by Crippen LogP contribution is -2.33. The van der Waals surface area contributed by atoms with Crippen LogP contribution in [-0.2, 0) is 19.4 Å². The first kappa shape index (κ1) is 15.4. The standard InChI is InChI=1S/C12H22O5S/c1-10(2)3-6-17-7-4-12(11(13)14)5-8-18(15,16)9-12/h10H,3-9H2,1-2H3,(H,13,14). The van der Waals surface area contributed by atoms with Crippen LogP contribution in [0.15, 0.2) is 0 Å². The molecule has 0 radical (unpaired) electrons. The summed E-state index contributed by atoms with van der Waals surface area (Å²) in [6.07, 6.45) is 1.41. The Balaban J connectivity index is 2.44. The summed E-state index contributed by atoms with van der Waals surface area (Å²) >= 11 is 0. The van der Waals surface area contributed by atoms with Crippen LogP contribution in [0.3, 0.4) is 0 Å². The molecule has 5 nitrogen and oxygen atoms in total. The van der Waals surface area contributed by atoms with Crippen LogP contribution in [0.5, 0.6) is 0 Å². The molecule has 0 aromatic rings. The maximum Gasteiger partial charge on any atom is 0.310 e. The van der Waals surface area contributed by atoms with Gasteiger partial charge < -0.3 is 9.84 Å². The van der Waals surface area contributed by atoms with Crippen LogP contribution in [-0.4, -0.2) is 44.2 Å². The summed E-state index contributed by atoms with van der Waals surface area (Å²) < 4.78 is 28.2. The second-order valence-corrected chi connectivity index (χ2v) is 7.66. The summed E-state index contributed by atoms with van der Waals surface area (Å²) in [6, 6.07) is 0. The number of sulfone groups is 1. The molecule has 1 N–H and O–H groups in total. The highest BCUT2D eigenvalue weighted by Crippen LogP contribution is 2.36. The molecule has 0 aromatic carbocycles. The van der Waals surface area contributed by atoms with Crippen molar-refractivity contribution in [3.05, 3.63) is 0 Å². The van der Waals surface area contributed by atoms with Crippen molar-refractivity contribution in [3.63, 3.8) is 0 Å². The smallest absolute Gasteiger partial charge is 0.310 e. The maximum atomic E-state index is 11.4. The van der Waals surface area contributed by atoms with Gasteiger partial charge in [0.2, 0.25) is 0 Å². The molecule has 106 valence electrons. The van der Waals surface area contributed by atoms with Gasteiger partial charge in [0.15, 0.2) is 9.84 Å². The van der Waals surface area contributed by atoms with Crippen LogP contribution in [0, 0.1) is 11.3 Å². The molecule has 1 aliphatic heterocycles. The summed E-state index contributed by atoms with van der Waals surface area (Å²) in [7, 11) is -3.19. The molecule has 1 heterocycles. The van der Waals surface area contributed by atoms with Crippen LogP contribution < -0.4 is 0 Å². The molecule has 0 amide bonds. The third kappa shape index (κ3) is 4.24. The lowest BCUT2D eigenvalue weighted by molar-refractivity contribution is -0.148. The van der Waals surface area contributed by atoms with Crippen molar-refractivity contribution in [2.45, 2.75) is 33.1 Å². The van der Waals surface area contributed by atoms with E-state index in [1.54, 1.807) is 0 Å². The van der Waals surface area contributed by atoms with Gasteiger partial charge in [-0.2, -0.15) is 0 Å². The molecule has 1 atom stereocenters. The Morgan fingerprint density at radius 2 is 2.06 bits per heavy atom. The molecule has 0 bridgehead atoms. The van der Waals surface area contributed by atoms with Crippen molar-refractivity contribution in [3.8, 4) is 0 Å². The number of carbonyl (C=O) groups is 1. The maximum absolute atomic E-state index is 11.4. The Labute approximate surface area is 108 Å². The Kier molecular flexibility index (Phi) is 5.16. The van der Waals surface area contributed by atoms with E-state index >= 15 is 0 Å². The van der Waals surface area contributed by atoms with Crippen LogP contribution in [0.1, 0.15) is 33.1 Å². The average Bonchev–Trinajstić information content (AvgIpc) is 2.55. The molecule has 0 aromatic heterocycles. The van der Waals surface area contributed by atoms with Crippen LogP contribution in [0.2, 0.25) is 0 Å². The molecule has 0 aliphatic carbocycles. The number of hydrogen-bond acceptors (Lipinski definition) is 4. The van der Waals surface area contributed by atoms with Crippen molar-refractivity contribution in [1.29, 1.82) is 0 Å². The predicted molar refractivity (Wildman–Crippen MR) is 68.2 cm³/mol. The number of rotatable bonds is 7. The molecule has 1 aliphatic rings. The lowest BCUT2D eigenvalue weighted by atomic mass is 9.84. The second kappa shape index (κ2) is 6.02. The van der Waals surface area contributed by atoms with E-state index in [4.69, 9.17) is 4.74 Å². The van der Waals surface area contributed by atoms with Crippen molar-refractivity contribution >= 4 is 15.8 Å². The Morgan fingerprint density at radius 1 is 1.39 bits per heavy atom. The first-order valence-electron chi connectivity index (χ1n) is 6.29. The first-order valence-corrected chi connectivity index (χ1v) is 8.11. The molecule has 1 rings (SSSR count). The highest BCUT2D eigenvalue weighted by Gasteiger charge is 2.47. The van der Waals surface area contributed by atoms with Gasteiger partial charge in [-0.25, -0.2) is 8.42 Å². The zero-order valence-corrected chi connectivity index (χ0v) is 11.8. The predicted octanol–water partition coefficient (Wildman–Crippen LogP) is 1.33. The average molecular weight is 278 g/mol. The first-order chi connectivity index (χ1) is 8.27. The number of aliphatic carboxylic acids is 1. The molecule has 1 saturated heterocycles. The monoisotopic (exact) mass is 278 g/mol. The van der Waals surface area contributed by atoms with E-state index in [2.05, 4.69) is 13.8 Å². The van der Waals surface area contributed by atoms with Crippen molar-refractivity contribution in [1.82, 2.24) is 0 Å². The van der Waals surface area contributed by atoms with E-state index in [0.717, 1.165) is 6.42 Å². The van der Waals surface area contributed by atoms with E-state index in [1.165, 1.54) is 0 Å². The van der Waals surface area contributed by atoms with Gasteiger partial charge in [0, 0.05) is 13.2 Å². The molecule has 6 heteroatoms. The van der Waals surface area contributed by atoms with Gasteiger partial charge in [-0.05, 0) is 25.2 Å². The van der Waals surface area contributed by atoms with Gasteiger partial charge in [-0.1, -0.05) is 13.8 Å². The van der Waals surface area contributed by atoms with Gasteiger partial charge in [-0.3, -0.25) is 4.79 Å². The fourth-order valence-corrected chi connectivity index (χ4v) is 4.18. The van der Waals surface area contributed by atoms with Crippen molar-refractivity contribution in [2.24, 2.45) is 11.3 Å². The second-order valence-electron chi connectivity index (χ2n) is 5.47. The number of carboxylic acid groups (broad SMARTS) is 1. The third-order valence-corrected chi connectivity index (χ3v) is 5.22. The molecular weight excluding hydrogens is 256 g/mol. The topological polar surface area (TPSA) is 80.7 Å². The minimum atomic E-state index is -3.19. The van der Waals surface area contributed by atoms with Crippen LogP contribution in [0.4, 0.5) is 0 Å². The van der Waals surface area contributed by atoms with E-state index in [-0.39, 0.29) is 24.3 Å². The highest BCUT2D eigenvalue weighted by atomic mass is 32.2. The van der Waals surface area contributed by atoms with Crippen molar-refractivity contribution < 1.29 is 23.1 Å². The largest absolute Gasteiger partial charge is 0.481 e. The Bertz CT molecular complexity index is 387. The molecule has 1 unspecified atom stereocenters. The van der Waals surface area contributed by atoms with Crippen LogP contribution >= 0.6 is 0 Å². The zero-order chi connectivity index (χ0) is 13.8. The van der Waals surface area contributed by atoms with Gasteiger partial charge in [0.05, 0.1) is 16.9 Å². The van der Waals surface area contributed by atoms with Gasteiger partial charge in [0.1, 0.15) is 0 Å². The number of ether oxygens (including phenoxy) is 1. The van der Waals surface area contributed by atoms with Gasteiger partial charge in [0.25, 0.3) is 0 Å². The molecule has 0 saturated carbocycles. The summed E-state index contributed by atoms with van der Waals surface area (Å²) in [4.78, 5) is 11.3. The molecule has 1 fully saturated rings. The Hall–Kier alpha value is -0.620. The number of carboxylic acids is 1. The third-order valence-electron chi connectivity index (χ3n) is 3.41. The lowest BCUT2D eigenvalue weighted by Gasteiger charge is -2.22. The SMILES string of the molecule is CC(C)CCOCCC1(C(=O)O)CCS(=O)(=O)C1. The highest BCUT2D eigenvalue weighted by molar-refractivity contribution is 7.91. The fourth-order valence-electron chi connectivity index (χ4n) is 2.08. The quantitative estimate of drug-likeness (QED) is 0.711. The minimum absolute atomic E-state index is 0.0225. The Morgan fingerprint density at radius 3 is 2.50 bits per heavy atom. The normalized spacial score (nSPS) is 26.6. The van der Waals surface area contributed by atoms with E-state index in [1.807, 2.05) is 0 Å². The van der Waals surface area contributed by atoms with E-state index in [9.17, 15) is 18.3 Å².